The van der Waals surface area contributed by atoms with Crippen molar-refractivity contribution in [2.45, 2.75) is 0 Å². The Morgan fingerprint density at radius 1 is 1.32 bits per heavy atom. The van der Waals surface area contributed by atoms with Crippen LogP contribution in [0.15, 0.2) is 18.2 Å². The SMILES string of the molecule is COc1ccc(C(=O)NN2CCN(C)CC2)c(O)c1. The molecule has 1 heterocycles. The number of nitrogens with zero attached hydrogens (tertiary/aromatic N) is 2. The molecule has 1 saturated heterocycles. The first-order chi connectivity index (χ1) is 9.10. The normalized spacial score (nSPS) is 17.2. The average Bonchev–Trinajstić information content (AvgIpc) is 2.41. The van der Waals surface area contributed by atoms with Gasteiger partial charge in [0.15, 0.2) is 0 Å². The highest BCUT2D eigenvalue weighted by atomic mass is 16.5. The predicted molar refractivity (Wildman–Crippen MR) is 71.2 cm³/mol. The monoisotopic (exact) mass is 265 g/mol. The first-order valence-corrected chi connectivity index (χ1v) is 6.21. The summed E-state index contributed by atoms with van der Waals surface area (Å²) >= 11 is 0. The molecule has 0 spiro atoms. The molecule has 2 N–H and O–H groups in total. The van der Waals surface area contributed by atoms with Crippen LogP contribution in [0.1, 0.15) is 10.4 Å². The number of rotatable bonds is 3. The van der Waals surface area contributed by atoms with Gasteiger partial charge in [0.2, 0.25) is 0 Å². The van der Waals surface area contributed by atoms with Crippen molar-refractivity contribution in [3.05, 3.63) is 23.8 Å². The van der Waals surface area contributed by atoms with Crippen LogP contribution < -0.4 is 10.2 Å². The molecule has 0 atom stereocenters. The van der Waals surface area contributed by atoms with Crippen LogP contribution in [0, 0.1) is 0 Å². The molecular weight excluding hydrogens is 246 g/mol. The molecule has 0 aliphatic carbocycles. The predicted octanol–water partition coefficient (Wildman–Crippen LogP) is 0.293. The maximum atomic E-state index is 12.0. The van der Waals surface area contributed by atoms with Gasteiger partial charge in [-0.1, -0.05) is 0 Å². The Morgan fingerprint density at radius 3 is 2.58 bits per heavy atom. The van der Waals surface area contributed by atoms with E-state index in [0.717, 1.165) is 26.2 Å². The third-order valence-corrected chi connectivity index (χ3v) is 3.21. The van der Waals surface area contributed by atoms with E-state index in [1.807, 2.05) is 5.01 Å². The number of benzene rings is 1. The molecule has 1 fully saturated rings. The molecule has 1 aliphatic rings. The highest BCUT2D eigenvalue weighted by Crippen LogP contribution is 2.23. The van der Waals surface area contributed by atoms with Crippen molar-refractivity contribution in [3.8, 4) is 11.5 Å². The lowest BCUT2D eigenvalue weighted by molar-refractivity contribution is 0.0660. The van der Waals surface area contributed by atoms with Gasteiger partial charge >= 0.3 is 0 Å². The number of carbonyl (C=O) groups is 1. The second-order valence-electron chi connectivity index (χ2n) is 4.61. The van der Waals surface area contributed by atoms with Crippen LogP contribution >= 0.6 is 0 Å². The van der Waals surface area contributed by atoms with Crippen LogP contribution in [-0.2, 0) is 0 Å². The number of likely N-dealkylation sites (N-methyl/N-ethyl adjacent to an activating group) is 1. The lowest BCUT2D eigenvalue weighted by atomic mass is 10.2. The number of methoxy groups -OCH3 is 1. The van der Waals surface area contributed by atoms with Gasteiger partial charge in [-0.05, 0) is 19.2 Å². The van der Waals surface area contributed by atoms with Gasteiger partial charge in [0.1, 0.15) is 11.5 Å². The largest absolute Gasteiger partial charge is 0.507 e. The number of amides is 1. The van der Waals surface area contributed by atoms with Gasteiger partial charge in [0, 0.05) is 32.2 Å². The Kier molecular flexibility index (Phi) is 4.24. The van der Waals surface area contributed by atoms with Gasteiger partial charge in [-0.2, -0.15) is 0 Å². The summed E-state index contributed by atoms with van der Waals surface area (Å²) in [5.41, 5.74) is 3.05. The number of hydrazine groups is 1. The first-order valence-electron chi connectivity index (χ1n) is 6.21. The van der Waals surface area contributed by atoms with Gasteiger partial charge in [0.05, 0.1) is 12.7 Å². The zero-order valence-electron chi connectivity index (χ0n) is 11.2. The number of phenolic OH excluding ortho intramolecular Hbond substituents is 1. The Labute approximate surface area is 112 Å². The summed E-state index contributed by atoms with van der Waals surface area (Å²) in [7, 11) is 3.56. The van der Waals surface area contributed by atoms with Crippen molar-refractivity contribution in [3.63, 3.8) is 0 Å². The fraction of sp³-hybridized carbons (Fsp3) is 0.462. The number of hydrogen-bond acceptors (Lipinski definition) is 5. The Balaban J connectivity index is 2.00. The van der Waals surface area contributed by atoms with E-state index < -0.39 is 0 Å². The molecule has 104 valence electrons. The van der Waals surface area contributed by atoms with Crippen LogP contribution in [-0.4, -0.2) is 61.3 Å². The van der Waals surface area contributed by atoms with E-state index in [-0.39, 0.29) is 17.2 Å². The third-order valence-electron chi connectivity index (χ3n) is 3.21. The van der Waals surface area contributed by atoms with Gasteiger partial charge in [-0.15, -0.1) is 0 Å². The summed E-state index contributed by atoms with van der Waals surface area (Å²) < 4.78 is 4.98. The Morgan fingerprint density at radius 2 is 2.00 bits per heavy atom. The summed E-state index contributed by atoms with van der Waals surface area (Å²) in [6.45, 7) is 3.38. The number of phenols is 1. The van der Waals surface area contributed by atoms with Crippen LogP contribution in [0.5, 0.6) is 11.5 Å². The molecule has 2 rings (SSSR count). The van der Waals surface area contributed by atoms with Gasteiger partial charge in [-0.25, -0.2) is 5.01 Å². The molecule has 1 aromatic carbocycles. The summed E-state index contributed by atoms with van der Waals surface area (Å²) in [4.78, 5) is 14.2. The van der Waals surface area contributed by atoms with E-state index in [9.17, 15) is 9.90 Å². The molecular formula is C13H19N3O3. The molecule has 1 aliphatic heterocycles. The van der Waals surface area contributed by atoms with E-state index in [0.29, 0.717) is 5.75 Å². The zero-order chi connectivity index (χ0) is 13.8. The molecule has 0 saturated carbocycles. The minimum atomic E-state index is -0.301. The third kappa shape index (κ3) is 3.36. The van der Waals surface area contributed by atoms with Crippen LogP contribution in [0.3, 0.4) is 0 Å². The van der Waals surface area contributed by atoms with Gasteiger partial charge < -0.3 is 14.7 Å². The highest BCUT2D eigenvalue weighted by molar-refractivity contribution is 5.96. The maximum Gasteiger partial charge on any atom is 0.269 e. The average molecular weight is 265 g/mol. The summed E-state index contributed by atoms with van der Waals surface area (Å²) in [5, 5.41) is 11.7. The second-order valence-corrected chi connectivity index (χ2v) is 4.61. The van der Waals surface area contributed by atoms with E-state index >= 15 is 0 Å². The fourth-order valence-corrected chi connectivity index (χ4v) is 1.95. The van der Waals surface area contributed by atoms with Crippen molar-refractivity contribution in [1.29, 1.82) is 0 Å². The molecule has 19 heavy (non-hydrogen) atoms. The summed E-state index contributed by atoms with van der Waals surface area (Å²) in [6.07, 6.45) is 0. The summed E-state index contributed by atoms with van der Waals surface area (Å²) in [6, 6.07) is 4.64. The molecule has 0 unspecified atom stereocenters. The number of aromatic hydroxyl groups is 1. The van der Waals surface area contributed by atoms with Crippen LogP contribution in [0.4, 0.5) is 0 Å². The lowest BCUT2D eigenvalue weighted by Crippen LogP contribution is -2.52. The van der Waals surface area contributed by atoms with Crippen molar-refractivity contribution in [2.75, 3.05) is 40.3 Å². The van der Waals surface area contributed by atoms with Gasteiger partial charge in [-0.3, -0.25) is 10.2 Å². The van der Waals surface area contributed by atoms with Crippen LogP contribution in [0.25, 0.3) is 0 Å². The minimum Gasteiger partial charge on any atom is -0.507 e. The summed E-state index contributed by atoms with van der Waals surface area (Å²) in [5.74, 6) is 0.143. The van der Waals surface area contributed by atoms with Gasteiger partial charge in [0.25, 0.3) is 5.91 Å². The zero-order valence-corrected chi connectivity index (χ0v) is 11.2. The smallest absolute Gasteiger partial charge is 0.269 e. The first kappa shape index (κ1) is 13.6. The van der Waals surface area contributed by atoms with Crippen molar-refractivity contribution in [2.24, 2.45) is 0 Å². The standard InChI is InChI=1S/C13H19N3O3/c1-15-5-7-16(8-6-15)14-13(18)11-4-3-10(19-2)9-12(11)17/h3-4,9,17H,5-8H2,1-2H3,(H,14,18). The van der Waals surface area contributed by atoms with Crippen molar-refractivity contribution < 1.29 is 14.6 Å². The second kappa shape index (κ2) is 5.90. The molecule has 1 amide bonds. The van der Waals surface area contributed by atoms with Crippen LogP contribution in [0.2, 0.25) is 0 Å². The Hall–Kier alpha value is -1.79. The van der Waals surface area contributed by atoms with Crippen molar-refractivity contribution in [1.82, 2.24) is 15.3 Å². The number of piperazine rings is 1. The number of carbonyl (C=O) groups excluding carboxylic acids is 1. The molecule has 1 aromatic rings. The number of hydrogen-bond donors (Lipinski definition) is 2. The molecule has 6 heteroatoms. The number of ether oxygens (including phenoxy) is 1. The highest BCUT2D eigenvalue weighted by Gasteiger charge is 2.18. The quantitative estimate of drug-likeness (QED) is 0.822. The lowest BCUT2D eigenvalue weighted by Gasteiger charge is -2.32. The van der Waals surface area contributed by atoms with E-state index in [2.05, 4.69) is 17.4 Å². The fourth-order valence-electron chi connectivity index (χ4n) is 1.95. The number of nitrogens with one attached hydrogen (secondary N) is 1. The topological polar surface area (TPSA) is 65.0 Å². The van der Waals surface area contributed by atoms with E-state index in [1.54, 1.807) is 12.1 Å². The Bertz CT molecular complexity index is 456. The molecule has 6 nitrogen and oxygen atoms in total. The van der Waals surface area contributed by atoms with Crippen molar-refractivity contribution >= 4 is 5.91 Å². The van der Waals surface area contributed by atoms with E-state index in [4.69, 9.17) is 4.74 Å². The maximum absolute atomic E-state index is 12.0. The molecule has 0 radical (unpaired) electrons. The molecule has 0 bridgehead atoms. The minimum absolute atomic E-state index is 0.0778. The molecule has 0 aromatic heterocycles. The van der Waals surface area contributed by atoms with E-state index in [1.165, 1.54) is 13.2 Å².